The molecule has 0 bridgehead atoms. The van der Waals surface area contributed by atoms with E-state index >= 15 is 0 Å². The summed E-state index contributed by atoms with van der Waals surface area (Å²) < 4.78 is 3.39. The van der Waals surface area contributed by atoms with Gasteiger partial charge in [-0.25, -0.2) is 0 Å². The molecule has 4 aliphatic rings. The molecule has 0 saturated heterocycles. The first-order valence-electron chi connectivity index (χ1n) is 7.65. The van der Waals surface area contributed by atoms with Crippen LogP contribution in [0.4, 0.5) is 0 Å². The van der Waals surface area contributed by atoms with E-state index in [2.05, 4.69) is 65.7 Å². The molecule has 3 heteroatoms. The molecule has 4 atom stereocenters. The summed E-state index contributed by atoms with van der Waals surface area (Å²) in [4.78, 5) is 0. The van der Waals surface area contributed by atoms with Crippen LogP contribution in [0.25, 0.3) is 0 Å². The van der Waals surface area contributed by atoms with Crippen molar-refractivity contribution >= 4 is 4.26 Å². The summed E-state index contributed by atoms with van der Waals surface area (Å²) >= 11 is 1.06. The van der Waals surface area contributed by atoms with E-state index in [0.29, 0.717) is 0 Å². The Morgan fingerprint density at radius 3 is 1.41 bits per heavy atom. The molecule has 0 aliphatic heterocycles. The smallest absolute Gasteiger partial charge is 1.00 e. The van der Waals surface area contributed by atoms with Crippen molar-refractivity contribution in [2.24, 2.45) is 23.7 Å². The van der Waals surface area contributed by atoms with Crippen molar-refractivity contribution < 1.29 is 48.7 Å². The van der Waals surface area contributed by atoms with Crippen LogP contribution in [0.3, 0.4) is 0 Å². The number of hydrogen-bond acceptors (Lipinski definition) is 0. The third-order valence-corrected chi connectivity index (χ3v) is 4.47. The second kappa shape index (κ2) is 12.7. The quantitative estimate of drug-likeness (QED) is 0.285. The standard InChI is InChI=1S/2C9H11.CH2.2ClH.Hf/c2*1-2-5-9-7-3-6-8(9)4-1;;;;/h2*1-2,4-6,8-9H,3,7H2;1H2;2*1H;/q2*-1;;;;+2/p-2. The van der Waals surface area contributed by atoms with Gasteiger partial charge < -0.3 is 37.7 Å². The van der Waals surface area contributed by atoms with Crippen molar-refractivity contribution in [1.29, 1.82) is 0 Å². The molecule has 0 aromatic rings. The van der Waals surface area contributed by atoms with Crippen molar-refractivity contribution in [2.75, 3.05) is 0 Å². The Balaban J connectivity index is 0.000000334. The van der Waals surface area contributed by atoms with Crippen LogP contribution in [0, 0.1) is 36.5 Å². The van der Waals surface area contributed by atoms with Gasteiger partial charge in [-0.1, -0.05) is 49.3 Å². The van der Waals surface area contributed by atoms with Crippen LogP contribution in [0.2, 0.25) is 0 Å². The zero-order valence-corrected chi connectivity index (χ0v) is 18.0. The van der Waals surface area contributed by atoms with Crippen LogP contribution in [-0.4, -0.2) is 4.26 Å². The van der Waals surface area contributed by atoms with Crippen molar-refractivity contribution in [1.82, 2.24) is 0 Å². The SMILES string of the molecule is C1=CC2[CH-]CCC2C=C1.C1=CC2[CH-]CCC2C=C1.[CH2]=[Hf+2].[Cl-].[Cl-]. The molecule has 0 nitrogen and oxygen atoms in total. The Kier molecular flexibility index (Phi) is 12.8. The summed E-state index contributed by atoms with van der Waals surface area (Å²) in [5, 5.41) is 0. The maximum Gasteiger partial charge on any atom is -1.00 e. The molecule has 0 amide bonds. The number of halogens is 2. The first-order valence-corrected chi connectivity index (χ1v) is 10.2. The Bertz CT molecular complexity index is 338. The van der Waals surface area contributed by atoms with E-state index in [1.54, 1.807) is 0 Å². The van der Waals surface area contributed by atoms with Gasteiger partial charge in [-0.2, -0.15) is 12.8 Å². The van der Waals surface area contributed by atoms with E-state index in [1.165, 1.54) is 25.7 Å². The molecule has 4 unspecified atom stereocenters. The Hall–Kier alpha value is 0.280. The molecule has 120 valence electrons. The molecule has 2 fully saturated rings. The largest absolute Gasteiger partial charge is 1.00 e. The van der Waals surface area contributed by atoms with Crippen molar-refractivity contribution in [3.8, 4) is 0 Å². The molecule has 0 spiro atoms. The van der Waals surface area contributed by atoms with Gasteiger partial charge in [0.1, 0.15) is 0 Å². The first kappa shape index (κ1) is 22.3. The zero-order chi connectivity index (χ0) is 14.2. The molecule has 22 heavy (non-hydrogen) atoms. The molecule has 0 aromatic carbocycles. The second-order valence-electron chi connectivity index (χ2n) is 5.65. The van der Waals surface area contributed by atoms with E-state index in [0.717, 1.165) is 47.6 Å². The van der Waals surface area contributed by atoms with Gasteiger partial charge in [-0.3, -0.25) is 0 Å². The molecule has 4 aliphatic carbocycles. The number of allylic oxidation sites excluding steroid dienone is 8. The van der Waals surface area contributed by atoms with Gasteiger partial charge in [0.15, 0.2) is 0 Å². The predicted octanol–water partition coefficient (Wildman–Crippen LogP) is -1.34. The Labute approximate surface area is 163 Å². The molecule has 4 rings (SSSR count). The first-order chi connectivity index (χ1) is 9.93. The van der Waals surface area contributed by atoms with E-state index in [9.17, 15) is 0 Å². The molecule has 0 N–H and O–H groups in total. The third kappa shape index (κ3) is 6.42. The van der Waals surface area contributed by atoms with Gasteiger partial charge in [0.2, 0.25) is 0 Å². The summed E-state index contributed by atoms with van der Waals surface area (Å²) in [6.45, 7) is 0. The van der Waals surface area contributed by atoms with Crippen LogP contribution in [0.15, 0.2) is 48.6 Å². The van der Waals surface area contributed by atoms with Crippen molar-refractivity contribution in [2.45, 2.75) is 25.7 Å². The van der Waals surface area contributed by atoms with E-state index in [1.807, 2.05) is 0 Å². The van der Waals surface area contributed by atoms with Crippen LogP contribution >= 0.6 is 0 Å². The zero-order valence-electron chi connectivity index (χ0n) is 12.9. The predicted molar refractivity (Wildman–Crippen MR) is 84.7 cm³/mol. The van der Waals surface area contributed by atoms with Crippen molar-refractivity contribution in [3.05, 3.63) is 61.4 Å². The molecular formula is C19H24Cl2Hf-2. The molecule has 0 aromatic heterocycles. The van der Waals surface area contributed by atoms with Crippen LogP contribution in [0.1, 0.15) is 25.7 Å². The van der Waals surface area contributed by atoms with Gasteiger partial charge >= 0.3 is 28.2 Å². The fourth-order valence-corrected chi connectivity index (χ4v) is 3.39. The number of rotatable bonds is 0. The van der Waals surface area contributed by atoms with Gasteiger partial charge in [0, 0.05) is 0 Å². The summed E-state index contributed by atoms with van der Waals surface area (Å²) in [6, 6.07) is 0. The van der Waals surface area contributed by atoms with Crippen LogP contribution < -0.4 is 24.8 Å². The maximum absolute atomic E-state index is 3.39. The summed E-state index contributed by atoms with van der Waals surface area (Å²) in [5.74, 6) is 3.23. The second-order valence-corrected chi connectivity index (χ2v) is 5.65. The van der Waals surface area contributed by atoms with Gasteiger partial charge in [-0.05, 0) is 11.8 Å². The minimum atomic E-state index is 0. The Morgan fingerprint density at radius 2 is 1.05 bits per heavy atom. The van der Waals surface area contributed by atoms with Gasteiger partial charge in [-0.15, -0.1) is 24.0 Å². The molecule has 0 heterocycles. The minimum absolute atomic E-state index is 0. The maximum atomic E-state index is 3.39. The molecule has 2 saturated carbocycles. The van der Waals surface area contributed by atoms with E-state index in [-0.39, 0.29) is 24.8 Å². The van der Waals surface area contributed by atoms with Crippen LogP contribution in [0.5, 0.6) is 0 Å². The number of hydrogen-bond donors (Lipinski definition) is 0. The normalized spacial score (nSPS) is 32.3. The van der Waals surface area contributed by atoms with Gasteiger partial charge in [0.05, 0.1) is 0 Å². The van der Waals surface area contributed by atoms with Crippen molar-refractivity contribution in [3.63, 3.8) is 0 Å². The Morgan fingerprint density at radius 1 is 0.682 bits per heavy atom. The fourth-order valence-electron chi connectivity index (χ4n) is 3.39. The molecule has 0 radical (unpaired) electrons. The minimum Gasteiger partial charge on any atom is -1.00 e. The number of fused-ring (bicyclic) bond motifs is 2. The molecular weight excluding hydrogens is 478 g/mol. The topological polar surface area (TPSA) is 0 Å². The summed E-state index contributed by atoms with van der Waals surface area (Å²) in [6.07, 6.45) is 28.1. The summed E-state index contributed by atoms with van der Waals surface area (Å²) in [7, 11) is 0. The van der Waals surface area contributed by atoms with E-state index < -0.39 is 0 Å². The van der Waals surface area contributed by atoms with Crippen LogP contribution in [-0.2, 0) is 23.9 Å². The fraction of sp³-hybridized carbons (Fsp3) is 0.421. The third-order valence-electron chi connectivity index (χ3n) is 4.47. The van der Waals surface area contributed by atoms with Gasteiger partial charge in [0.25, 0.3) is 0 Å². The van der Waals surface area contributed by atoms with E-state index in [4.69, 9.17) is 0 Å². The summed E-state index contributed by atoms with van der Waals surface area (Å²) in [5.41, 5.74) is 0. The average Bonchev–Trinajstić information content (AvgIpc) is 3.18. The monoisotopic (exact) mass is 502 g/mol. The average molecular weight is 502 g/mol.